The van der Waals surface area contributed by atoms with Crippen molar-refractivity contribution in [3.63, 3.8) is 0 Å². The number of hydrogen-bond donors (Lipinski definition) is 2. The molecule has 1 aromatic rings. The molecule has 0 unspecified atom stereocenters. The van der Waals surface area contributed by atoms with Crippen molar-refractivity contribution < 1.29 is 8.42 Å². The number of benzene rings is 1. The van der Waals surface area contributed by atoms with Gasteiger partial charge in [-0.3, -0.25) is 0 Å². The highest BCUT2D eigenvalue weighted by atomic mass is 79.9. The second-order valence-corrected chi connectivity index (χ2v) is 6.99. The van der Waals surface area contributed by atoms with Gasteiger partial charge in [0, 0.05) is 11.0 Å². The Kier molecular flexibility index (Phi) is 8.87. The van der Waals surface area contributed by atoms with Crippen molar-refractivity contribution >= 4 is 61.6 Å². The third-order valence-corrected chi connectivity index (χ3v) is 5.31. The monoisotopic (exact) mass is 410 g/mol. The van der Waals surface area contributed by atoms with Gasteiger partial charge in [-0.15, -0.1) is 12.4 Å². The molecule has 0 aliphatic rings. The van der Waals surface area contributed by atoms with E-state index in [1.807, 2.05) is 0 Å². The second kappa shape index (κ2) is 8.67. The lowest BCUT2D eigenvalue weighted by Crippen LogP contribution is -2.25. The largest absolute Gasteiger partial charge is 0.330 e. The van der Waals surface area contributed by atoms with E-state index < -0.39 is 10.0 Å². The first-order valence-corrected chi connectivity index (χ1v) is 8.26. The fourth-order valence-electron chi connectivity index (χ4n) is 1.26. The normalized spacial score (nSPS) is 11.2. The lowest BCUT2D eigenvalue weighted by atomic mass is 10.3. The van der Waals surface area contributed by atoms with Crippen molar-refractivity contribution in [1.29, 1.82) is 0 Å². The van der Waals surface area contributed by atoms with Crippen LogP contribution in [0, 0.1) is 0 Å². The molecule has 0 aromatic heterocycles. The van der Waals surface area contributed by atoms with Gasteiger partial charge in [-0.05, 0) is 47.4 Å². The van der Waals surface area contributed by atoms with Crippen molar-refractivity contribution in [1.82, 2.24) is 4.72 Å². The van der Waals surface area contributed by atoms with E-state index in [2.05, 4.69) is 20.7 Å². The second-order valence-electron chi connectivity index (χ2n) is 3.59. The van der Waals surface area contributed by atoms with Crippen LogP contribution in [0.15, 0.2) is 21.5 Å². The summed E-state index contributed by atoms with van der Waals surface area (Å²) >= 11 is 14.9. The zero-order valence-electron chi connectivity index (χ0n) is 9.83. The molecule has 0 radical (unpaired) electrons. The molecule has 19 heavy (non-hydrogen) atoms. The van der Waals surface area contributed by atoms with Gasteiger partial charge in [-0.2, -0.15) is 0 Å². The molecule has 4 nitrogen and oxygen atoms in total. The molecule has 0 aliphatic carbocycles. The molecule has 0 saturated heterocycles. The molecular weight excluding hydrogens is 398 g/mol. The van der Waals surface area contributed by atoms with Crippen LogP contribution in [-0.2, 0) is 10.0 Å². The highest BCUT2D eigenvalue weighted by Crippen LogP contribution is 2.31. The Morgan fingerprint density at radius 1 is 1.21 bits per heavy atom. The third-order valence-electron chi connectivity index (χ3n) is 2.19. The summed E-state index contributed by atoms with van der Waals surface area (Å²) < 4.78 is 26.9. The standard InChI is InChI=1S/C10H13BrCl2N2O2S.ClH/c11-7-5-10(9(13)6-8(7)12)18(16,17)15-4-2-1-3-14;/h5-6,15H,1-4,14H2;1H. The van der Waals surface area contributed by atoms with E-state index in [4.69, 9.17) is 28.9 Å². The van der Waals surface area contributed by atoms with Gasteiger partial charge < -0.3 is 5.73 Å². The third kappa shape index (κ3) is 5.75. The van der Waals surface area contributed by atoms with Gasteiger partial charge in [0.05, 0.1) is 10.0 Å². The molecule has 0 fully saturated rings. The topological polar surface area (TPSA) is 72.2 Å². The minimum absolute atomic E-state index is 0. The smallest absolute Gasteiger partial charge is 0.242 e. The molecule has 3 N–H and O–H groups in total. The first-order chi connectivity index (χ1) is 8.38. The van der Waals surface area contributed by atoms with Crippen molar-refractivity contribution in [3.05, 3.63) is 26.7 Å². The summed E-state index contributed by atoms with van der Waals surface area (Å²) in [5, 5.41) is 0.455. The highest BCUT2D eigenvalue weighted by Gasteiger charge is 2.19. The fraction of sp³-hybridized carbons (Fsp3) is 0.400. The fourth-order valence-corrected chi connectivity index (χ4v) is 3.60. The predicted octanol–water partition coefficient (Wildman–Crippen LogP) is 3.19. The van der Waals surface area contributed by atoms with Crippen LogP contribution < -0.4 is 10.5 Å². The maximum absolute atomic E-state index is 12.0. The molecule has 1 aromatic carbocycles. The van der Waals surface area contributed by atoms with Crippen LogP contribution in [-0.4, -0.2) is 21.5 Å². The summed E-state index contributed by atoms with van der Waals surface area (Å²) in [7, 11) is -3.62. The lowest BCUT2D eigenvalue weighted by molar-refractivity contribution is 0.577. The Hall–Kier alpha value is 0.440. The zero-order valence-corrected chi connectivity index (χ0v) is 14.6. The van der Waals surface area contributed by atoms with Crippen LogP contribution in [0.2, 0.25) is 10.0 Å². The van der Waals surface area contributed by atoms with Gasteiger partial charge in [0.15, 0.2) is 0 Å². The van der Waals surface area contributed by atoms with E-state index in [1.54, 1.807) is 0 Å². The quantitative estimate of drug-likeness (QED) is 0.557. The maximum atomic E-state index is 12.0. The van der Waals surface area contributed by atoms with E-state index in [-0.39, 0.29) is 22.3 Å². The molecule has 1 rings (SSSR count). The van der Waals surface area contributed by atoms with Gasteiger partial charge in [0.2, 0.25) is 10.0 Å². The SMILES string of the molecule is Cl.NCCCCNS(=O)(=O)c1cc(Br)c(Cl)cc1Cl. The Morgan fingerprint density at radius 2 is 1.84 bits per heavy atom. The summed E-state index contributed by atoms with van der Waals surface area (Å²) in [6.07, 6.45) is 1.45. The van der Waals surface area contributed by atoms with Crippen molar-refractivity contribution in [2.24, 2.45) is 5.73 Å². The number of nitrogens with one attached hydrogen (secondary N) is 1. The number of unbranched alkanes of at least 4 members (excludes halogenated alkanes) is 1. The molecule has 9 heteroatoms. The highest BCUT2D eigenvalue weighted by molar-refractivity contribution is 9.10. The molecule has 0 saturated carbocycles. The van der Waals surface area contributed by atoms with Crippen LogP contribution in [0.3, 0.4) is 0 Å². The molecule has 110 valence electrons. The first kappa shape index (κ1) is 19.4. The average Bonchev–Trinajstić information content (AvgIpc) is 2.29. The average molecular weight is 413 g/mol. The van der Waals surface area contributed by atoms with E-state index in [0.29, 0.717) is 29.0 Å². The molecule has 0 aliphatic heterocycles. The summed E-state index contributed by atoms with van der Waals surface area (Å²) in [5.41, 5.74) is 5.33. The Morgan fingerprint density at radius 3 is 2.42 bits per heavy atom. The van der Waals surface area contributed by atoms with Crippen LogP contribution in [0.5, 0.6) is 0 Å². The van der Waals surface area contributed by atoms with Gasteiger partial charge in [-0.25, -0.2) is 13.1 Å². The Labute approximate surface area is 137 Å². The Balaban J connectivity index is 0.00000324. The number of rotatable bonds is 6. The lowest BCUT2D eigenvalue weighted by Gasteiger charge is -2.09. The summed E-state index contributed by atoms with van der Waals surface area (Å²) in [6, 6.07) is 2.78. The van der Waals surface area contributed by atoms with E-state index in [1.165, 1.54) is 12.1 Å². The van der Waals surface area contributed by atoms with Crippen LogP contribution >= 0.6 is 51.5 Å². The maximum Gasteiger partial charge on any atom is 0.242 e. The molecule has 0 spiro atoms. The van der Waals surface area contributed by atoms with Gasteiger partial charge >= 0.3 is 0 Å². The minimum Gasteiger partial charge on any atom is -0.330 e. The van der Waals surface area contributed by atoms with E-state index >= 15 is 0 Å². The number of hydrogen-bond acceptors (Lipinski definition) is 3. The summed E-state index contributed by atoms with van der Waals surface area (Å²) in [5.74, 6) is 0. The van der Waals surface area contributed by atoms with Crippen molar-refractivity contribution in [3.8, 4) is 0 Å². The number of nitrogens with two attached hydrogens (primary N) is 1. The first-order valence-electron chi connectivity index (χ1n) is 5.23. The summed E-state index contributed by atoms with van der Waals surface area (Å²) in [6.45, 7) is 0.866. The Bertz CT molecular complexity index is 526. The number of halogens is 4. The molecule has 0 heterocycles. The van der Waals surface area contributed by atoms with Gasteiger partial charge in [0.1, 0.15) is 4.90 Å². The van der Waals surface area contributed by atoms with Gasteiger partial charge in [-0.1, -0.05) is 23.2 Å². The van der Waals surface area contributed by atoms with E-state index in [9.17, 15) is 8.42 Å². The summed E-state index contributed by atoms with van der Waals surface area (Å²) in [4.78, 5) is 0.00758. The van der Waals surface area contributed by atoms with Crippen molar-refractivity contribution in [2.75, 3.05) is 13.1 Å². The molecule has 0 amide bonds. The van der Waals surface area contributed by atoms with Crippen LogP contribution in [0.4, 0.5) is 0 Å². The molecule has 0 bridgehead atoms. The predicted molar refractivity (Wildman–Crippen MR) is 84.9 cm³/mol. The molecule has 0 atom stereocenters. The minimum atomic E-state index is -3.62. The van der Waals surface area contributed by atoms with E-state index in [0.717, 1.165) is 6.42 Å². The molecular formula is C10H14BrCl3N2O2S. The van der Waals surface area contributed by atoms with Gasteiger partial charge in [0.25, 0.3) is 0 Å². The van der Waals surface area contributed by atoms with Crippen molar-refractivity contribution in [2.45, 2.75) is 17.7 Å². The van der Waals surface area contributed by atoms with Crippen LogP contribution in [0.1, 0.15) is 12.8 Å². The van der Waals surface area contributed by atoms with Crippen LogP contribution in [0.25, 0.3) is 0 Å². The number of sulfonamides is 1. The zero-order chi connectivity index (χ0) is 13.8.